The molecule has 0 amide bonds. The number of anilines is 2. The smallest absolute Gasteiger partial charge is 0.0372 e. The lowest BCUT2D eigenvalue weighted by Crippen LogP contribution is -2.10. The van der Waals surface area contributed by atoms with Crippen molar-refractivity contribution in [2.24, 2.45) is 0 Å². The summed E-state index contributed by atoms with van der Waals surface area (Å²) >= 11 is 0. The van der Waals surface area contributed by atoms with E-state index >= 15 is 0 Å². The van der Waals surface area contributed by atoms with Crippen LogP contribution < -0.4 is 10.6 Å². The van der Waals surface area contributed by atoms with E-state index in [0.29, 0.717) is 0 Å². The second-order valence-electron chi connectivity index (χ2n) is 6.04. The highest BCUT2D eigenvalue weighted by Crippen LogP contribution is 2.20. The number of rotatable bonds is 6. The summed E-state index contributed by atoms with van der Waals surface area (Å²) in [5, 5.41) is 6.77. The molecule has 0 spiro atoms. The Kier molecular flexibility index (Phi) is 8.10. The van der Waals surface area contributed by atoms with Gasteiger partial charge < -0.3 is 10.6 Å². The lowest BCUT2D eigenvalue weighted by atomic mass is 10.0. The molecule has 3 rings (SSSR count). The predicted molar refractivity (Wildman–Crippen MR) is 102 cm³/mol. The van der Waals surface area contributed by atoms with Gasteiger partial charge in [0.1, 0.15) is 0 Å². The van der Waals surface area contributed by atoms with Gasteiger partial charge in [0, 0.05) is 24.5 Å². The van der Waals surface area contributed by atoms with Crippen LogP contribution in [0.5, 0.6) is 0 Å². The van der Waals surface area contributed by atoms with Gasteiger partial charge in [0.2, 0.25) is 0 Å². The van der Waals surface area contributed by atoms with Gasteiger partial charge in [-0.25, -0.2) is 0 Å². The number of fused-ring (bicyclic) bond motifs is 1. The molecule has 0 aliphatic carbocycles. The van der Waals surface area contributed by atoms with Crippen LogP contribution in [0.3, 0.4) is 0 Å². The van der Waals surface area contributed by atoms with Crippen LogP contribution in [0.25, 0.3) is 0 Å². The Balaban J connectivity index is 0.000000172. The molecule has 0 radical (unpaired) electrons. The zero-order valence-electron chi connectivity index (χ0n) is 14.4. The van der Waals surface area contributed by atoms with Crippen LogP contribution in [0.4, 0.5) is 11.4 Å². The van der Waals surface area contributed by atoms with E-state index in [0.717, 1.165) is 13.1 Å². The maximum atomic E-state index is 3.40. The van der Waals surface area contributed by atoms with E-state index in [4.69, 9.17) is 0 Å². The van der Waals surface area contributed by atoms with E-state index < -0.39 is 0 Å². The van der Waals surface area contributed by atoms with Gasteiger partial charge in [-0.15, -0.1) is 0 Å². The van der Waals surface area contributed by atoms with E-state index in [1.807, 2.05) is 6.07 Å². The Morgan fingerprint density at radius 3 is 2.48 bits per heavy atom. The molecule has 0 aromatic heterocycles. The fourth-order valence-electron chi connectivity index (χ4n) is 2.75. The number of benzene rings is 2. The lowest BCUT2D eigenvalue weighted by Gasteiger charge is -2.16. The maximum Gasteiger partial charge on any atom is 0.0372 e. The summed E-state index contributed by atoms with van der Waals surface area (Å²) < 4.78 is 0. The quantitative estimate of drug-likeness (QED) is 0.666. The molecule has 0 fully saturated rings. The summed E-state index contributed by atoms with van der Waals surface area (Å²) in [6.45, 7) is 4.48. The van der Waals surface area contributed by atoms with E-state index in [9.17, 15) is 0 Å². The molecule has 1 aliphatic rings. The van der Waals surface area contributed by atoms with Crippen molar-refractivity contribution in [2.75, 3.05) is 23.7 Å². The van der Waals surface area contributed by atoms with Crippen LogP contribution in [-0.2, 0) is 6.42 Å². The molecule has 0 unspecified atom stereocenters. The molecule has 2 nitrogen and oxygen atoms in total. The van der Waals surface area contributed by atoms with Gasteiger partial charge >= 0.3 is 0 Å². The van der Waals surface area contributed by atoms with Gasteiger partial charge in [0.25, 0.3) is 0 Å². The first-order chi connectivity index (χ1) is 11.4. The topological polar surface area (TPSA) is 24.1 Å². The zero-order chi connectivity index (χ0) is 16.2. The van der Waals surface area contributed by atoms with E-state index in [2.05, 4.69) is 66.1 Å². The highest BCUT2D eigenvalue weighted by atomic mass is 14.9. The molecule has 2 heteroatoms. The largest absolute Gasteiger partial charge is 0.385 e. The molecular weight excluding hydrogens is 280 g/mol. The number of nitrogens with one attached hydrogen (secondary N) is 2. The molecule has 0 atom stereocenters. The number of unbranched alkanes of at least 4 members (excludes halogenated alkanes) is 3. The molecule has 2 N–H and O–H groups in total. The Labute approximate surface area is 141 Å². The maximum absolute atomic E-state index is 3.40. The highest BCUT2D eigenvalue weighted by molar-refractivity contribution is 5.52. The monoisotopic (exact) mass is 310 g/mol. The van der Waals surface area contributed by atoms with Crippen molar-refractivity contribution >= 4 is 11.4 Å². The number of hydrogen-bond acceptors (Lipinski definition) is 2. The van der Waals surface area contributed by atoms with Gasteiger partial charge in [-0.2, -0.15) is 0 Å². The first kappa shape index (κ1) is 17.4. The standard InChI is InChI=1S/C12H19N.C9H11N/c1-2-3-4-8-11-13-12-9-6-5-7-10-12;1-2-6-9-8(4-1)5-3-7-10-9/h5-7,9-10,13H,2-4,8,11H2,1H3;1-2,4,6,10H,3,5,7H2. The lowest BCUT2D eigenvalue weighted by molar-refractivity contribution is 0.685. The summed E-state index contributed by atoms with van der Waals surface area (Å²) in [5.74, 6) is 0. The molecule has 1 aliphatic heterocycles. The highest BCUT2D eigenvalue weighted by Gasteiger charge is 2.04. The molecule has 2 aromatic carbocycles. The molecule has 1 heterocycles. The minimum absolute atomic E-state index is 1.10. The fraction of sp³-hybridized carbons (Fsp3) is 0.429. The Morgan fingerprint density at radius 1 is 0.913 bits per heavy atom. The summed E-state index contributed by atoms with van der Waals surface area (Å²) in [6, 6.07) is 18.9. The van der Waals surface area contributed by atoms with E-state index in [1.54, 1.807) is 0 Å². The van der Waals surface area contributed by atoms with Gasteiger partial charge in [0.05, 0.1) is 0 Å². The molecule has 0 bridgehead atoms. The van der Waals surface area contributed by atoms with Crippen molar-refractivity contribution in [1.82, 2.24) is 0 Å². The van der Waals surface area contributed by atoms with Crippen molar-refractivity contribution in [1.29, 1.82) is 0 Å². The van der Waals surface area contributed by atoms with Crippen molar-refractivity contribution in [3.8, 4) is 0 Å². The van der Waals surface area contributed by atoms with Crippen LogP contribution in [0.2, 0.25) is 0 Å². The van der Waals surface area contributed by atoms with Gasteiger partial charge in [-0.3, -0.25) is 0 Å². The van der Waals surface area contributed by atoms with Crippen LogP contribution in [0.1, 0.15) is 44.6 Å². The third kappa shape index (κ3) is 6.77. The minimum Gasteiger partial charge on any atom is -0.385 e. The minimum atomic E-state index is 1.10. The second kappa shape index (κ2) is 10.7. The Hall–Kier alpha value is -1.96. The van der Waals surface area contributed by atoms with Crippen LogP contribution >= 0.6 is 0 Å². The summed E-state index contributed by atoms with van der Waals surface area (Å²) in [6.07, 6.45) is 7.81. The Morgan fingerprint density at radius 2 is 1.70 bits per heavy atom. The SMILES string of the molecule is CCCCCCNc1ccccc1.c1ccc2c(c1)CCCN2. The van der Waals surface area contributed by atoms with Crippen molar-refractivity contribution in [3.05, 3.63) is 60.2 Å². The number of para-hydroxylation sites is 2. The van der Waals surface area contributed by atoms with Crippen LogP contribution in [-0.4, -0.2) is 13.1 Å². The first-order valence-electron chi connectivity index (χ1n) is 9.01. The van der Waals surface area contributed by atoms with Gasteiger partial charge in [-0.1, -0.05) is 62.6 Å². The van der Waals surface area contributed by atoms with E-state index in [1.165, 1.54) is 55.5 Å². The third-order valence-corrected chi connectivity index (χ3v) is 4.09. The first-order valence-corrected chi connectivity index (χ1v) is 9.01. The molecule has 0 saturated heterocycles. The normalized spacial score (nSPS) is 12.4. The number of hydrogen-bond donors (Lipinski definition) is 2. The van der Waals surface area contributed by atoms with Crippen LogP contribution in [0, 0.1) is 0 Å². The predicted octanol–water partition coefficient (Wildman–Crippen LogP) is 5.72. The Bertz CT molecular complexity index is 512. The third-order valence-electron chi connectivity index (χ3n) is 4.09. The van der Waals surface area contributed by atoms with E-state index in [-0.39, 0.29) is 0 Å². The van der Waals surface area contributed by atoms with Gasteiger partial charge in [-0.05, 0) is 43.0 Å². The second-order valence-corrected chi connectivity index (χ2v) is 6.04. The van der Waals surface area contributed by atoms with Crippen molar-refractivity contribution < 1.29 is 0 Å². The summed E-state index contributed by atoms with van der Waals surface area (Å²) in [7, 11) is 0. The summed E-state index contributed by atoms with van der Waals surface area (Å²) in [5.41, 5.74) is 4.03. The van der Waals surface area contributed by atoms with Crippen molar-refractivity contribution in [2.45, 2.75) is 45.4 Å². The molecule has 2 aromatic rings. The van der Waals surface area contributed by atoms with Gasteiger partial charge in [0.15, 0.2) is 0 Å². The summed E-state index contributed by atoms with van der Waals surface area (Å²) in [4.78, 5) is 0. The van der Waals surface area contributed by atoms with Crippen molar-refractivity contribution in [3.63, 3.8) is 0 Å². The molecule has 124 valence electrons. The molecule has 0 saturated carbocycles. The average molecular weight is 310 g/mol. The van der Waals surface area contributed by atoms with Crippen LogP contribution in [0.15, 0.2) is 54.6 Å². The molecular formula is C21H30N2. The zero-order valence-corrected chi connectivity index (χ0v) is 14.4. The molecule has 23 heavy (non-hydrogen) atoms. The fourth-order valence-corrected chi connectivity index (χ4v) is 2.75. The average Bonchev–Trinajstić information content (AvgIpc) is 2.63. The number of aryl methyl sites for hydroxylation is 1.